The lowest BCUT2D eigenvalue weighted by Gasteiger charge is -2.31. The van der Waals surface area contributed by atoms with Crippen LogP contribution in [0.25, 0.3) is 10.8 Å². The van der Waals surface area contributed by atoms with Crippen molar-refractivity contribution in [1.29, 1.82) is 0 Å². The first-order valence-corrected chi connectivity index (χ1v) is 7.68. The maximum Gasteiger partial charge on any atom is 0.119 e. The van der Waals surface area contributed by atoms with E-state index in [-0.39, 0.29) is 0 Å². The van der Waals surface area contributed by atoms with Crippen LogP contribution in [0, 0.1) is 5.92 Å². The molecule has 2 aromatic carbocycles. The highest BCUT2D eigenvalue weighted by Crippen LogP contribution is 2.23. The highest BCUT2D eigenvalue weighted by Gasteiger charge is 2.19. The van der Waals surface area contributed by atoms with Gasteiger partial charge in [-0.05, 0) is 59.8 Å². The van der Waals surface area contributed by atoms with Crippen LogP contribution in [0.2, 0.25) is 0 Å². The molecule has 0 saturated carbocycles. The van der Waals surface area contributed by atoms with Crippen LogP contribution in [0.1, 0.15) is 18.4 Å². The Morgan fingerprint density at radius 3 is 2.81 bits per heavy atom. The van der Waals surface area contributed by atoms with Crippen LogP contribution < -0.4 is 4.74 Å². The molecule has 0 aliphatic carbocycles. The summed E-state index contributed by atoms with van der Waals surface area (Å²) in [5.74, 6) is 1.35. The quantitative estimate of drug-likeness (QED) is 0.937. The summed E-state index contributed by atoms with van der Waals surface area (Å²) in [4.78, 5) is 2.45. The first kappa shape index (κ1) is 14.4. The monoisotopic (exact) mass is 285 g/mol. The SMILES string of the molecule is COc1ccc2cc(CN3CCCC(CO)C3)ccc2c1. The molecule has 0 bridgehead atoms. The smallest absolute Gasteiger partial charge is 0.119 e. The molecule has 21 heavy (non-hydrogen) atoms. The molecule has 1 atom stereocenters. The molecule has 0 radical (unpaired) electrons. The fraction of sp³-hybridized carbons (Fsp3) is 0.444. The zero-order valence-corrected chi connectivity index (χ0v) is 12.6. The predicted octanol–water partition coefficient (Wildman–Crippen LogP) is 3.05. The van der Waals surface area contributed by atoms with E-state index in [1.165, 1.54) is 22.8 Å². The Bertz CT molecular complexity index is 611. The number of nitrogens with zero attached hydrogens (tertiary/aromatic N) is 1. The number of aliphatic hydroxyl groups excluding tert-OH is 1. The van der Waals surface area contributed by atoms with Gasteiger partial charge in [-0.3, -0.25) is 4.90 Å². The Morgan fingerprint density at radius 2 is 2.00 bits per heavy atom. The summed E-state index contributed by atoms with van der Waals surface area (Å²) in [5, 5.41) is 11.8. The second kappa shape index (κ2) is 6.46. The number of piperidine rings is 1. The molecule has 1 saturated heterocycles. The molecule has 0 amide bonds. The van der Waals surface area contributed by atoms with Gasteiger partial charge in [0.05, 0.1) is 7.11 Å². The number of methoxy groups -OCH3 is 1. The Balaban J connectivity index is 1.75. The van der Waals surface area contributed by atoms with Gasteiger partial charge >= 0.3 is 0 Å². The van der Waals surface area contributed by atoms with Gasteiger partial charge in [0.1, 0.15) is 5.75 Å². The van der Waals surface area contributed by atoms with Crippen LogP contribution in [0.5, 0.6) is 5.75 Å². The van der Waals surface area contributed by atoms with E-state index >= 15 is 0 Å². The van der Waals surface area contributed by atoms with Gasteiger partial charge in [-0.1, -0.05) is 18.2 Å². The molecular formula is C18H23NO2. The fourth-order valence-electron chi connectivity index (χ4n) is 3.20. The van der Waals surface area contributed by atoms with E-state index in [0.29, 0.717) is 12.5 Å². The summed E-state index contributed by atoms with van der Waals surface area (Å²) in [7, 11) is 1.70. The maximum absolute atomic E-state index is 9.33. The van der Waals surface area contributed by atoms with E-state index in [4.69, 9.17) is 4.74 Å². The zero-order chi connectivity index (χ0) is 14.7. The molecule has 112 valence electrons. The van der Waals surface area contributed by atoms with Crippen molar-refractivity contribution in [3.8, 4) is 5.75 Å². The van der Waals surface area contributed by atoms with Gasteiger partial charge in [0, 0.05) is 19.7 Å². The van der Waals surface area contributed by atoms with E-state index in [1.807, 2.05) is 6.07 Å². The van der Waals surface area contributed by atoms with Crippen molar-refractivity contribution in [1.82, 2.24) is 4.90 Å². The van der Waals surface area contributed by atoms with Gasteiger partial charge in [0.15, 0.2) is 0 Å². The Morgan fingerprint density at radius 1 is 1.19 bits per heavy atom. The van der Waals surface area contributed by atoms with Crippen molar-refractivity contribution in [2.75, 3.05) is 26.8 Å². The van der Waals surface area contributed by atoms with Crippen molar-refractivity contribution in [2.45, 2.75) is 19.4 Å². The first-order chi connectivity index (χ1) is 10.3. The zero-order valence-electron chi connectivity index (χ0n) is 12.6. The molecule has 3 rings (SSSR count). The van der Waals surface area contributed by atoms with E-state index < -0.39 is 0 Å². The summed E-state index contributed by atoms with van der Waals surface area (Å²) in [5.41, 5.74) is 1.34. The van der Waals surface area contributed by atoms with Gasteiger partial charge in [0.2, 0.25) is 0 Å². The number of benzene rings is 2. The molecule has 0 aromatic heterocycles. The number of ether oxygens (including phenoxy) is 1. The molecule has 1 N–H and O–H groups in total. The second-order valence-corrected chi connectivity index (χ2v) is 5.97. The Kier molecular flexibility index (Phi) is 4.42. The number of hydrogen-bond acceptors (Lipinski definition) is 3. The molecule has 1 fully saturated rings. The van der Waals surface area contributed by atoms with Gasteiger partial charge in [-0.15, -0.1) is 0 Å². The molecule has 1 aliphatic heterocycles. The number of fused-ring (bicyclic) bond motifs is 1. The van der Waals surface area contributed by atoms with E-state index in [9.17, 15) is 5.11 Å². The minimum Gasteiger partial charge on any atom is -0.497 e. The predicted molar refractivity (Wildman–Crippen MR) is 85.6 cm³/mol. The van der Waals surface area contributed by atoms with Crippen LogP contribution in [-0.4, -0.2) is 36.8 Å². The highest BCUT2D eigenvalue weighted by molar-refractivity contribution is 5.84. The Labute approximate surface area is 126 Å². The molecule has 3 heteroatoms. The molecule has 1 aliphatic rings. The van der Waals surface area contributed by atoms with Crippen molar-refractivity contribution in [3.05, 3.63) is 42.0 Å². The molecule has 3 nitrogen and oxygen atoms in total. The van der Waals surface area contributed by atoms with E-state index in [1.54, 1.807) is 7.11 Å². The first-order valence-electron chi connectivity index (χ1n) is 7.68. The summed E-state index contributed by atoms with van der Waals surface area (Å²) in [6.07, 6.45) is 2.35. The summed E-state index contributed by atoms with van der Waals surface area (Å²) in [6, 6.07) is 12.8. The van der Waals surface area contributed by atoms with Crippen LogP contribution >= 0.6 is 0 Å². The van der Waals surface area contributed by atoms with Crippen molar-refractivity contribution in [2.24, 2.45) is 5.92 Å². The van der Waals surface area contributed by atoms with E-state index in [0.717, 1.165) is 31.8 Å². The minimum atomic E-state index is 0.314. The van der Waals surface area contributed by atoms with Crippen LogP contribution in [0.4, 0.5) is 0 Å². The van der Waals surface area contributed by atoms with Gasteiger partial charge in [-0.2, -0.15) is 0 Å². The largest absolute Gasteiger partial charge is 0.497 e. The summed E-state index contributed by atoms with van der Waals surface area (Å²) < 4.78 is 5.27. The van der Waals surface area contributed by atoms with Crippen LogP contribution in [-0.2, 0) is 6.54 Å². The van der Waals surface area contributed by atoms with Crippen molar-refractivity contribution >= 4 is 10.8 Å². The molecule has 1 unspecified atom stereocenters. The second-order valence-electron chi connectivity index (χ2n) is 5.97. The van der Waals surface area contributed by atoms with Crippen molar-refractivity contribution < 1.29 is 9.84 Å². The third kappa shape index (κ3) is 3.36. The lowest BCUT2D eigenvalue weighted by molar-refractivity contribution is 0.116. The normalized spacial score (nSPS) is 19.8. The molecule has 0 spiro atoms. The number of rotatable bonds is 4. The molecule has 2 aromatic rings. The maximum atomic E-state index is 9.33. The minimum absolute atomic E-state index is 0.314. The lowest BCUT2D eigenvalue weighted by atomic mass is 9.98. The number of hydrogen-bond donors (Lipinski definition) is 1. The summed E-state index contributed by atoms with van der Waals surface area (Å²) >= 11 is 0. The third-order valence-electron chi connectivity index (χ3n) is 4.38. The molecule has 1 heterocycles. The third-order valence-corrected chi connectivity index (χ3v) is 4.38. The summed E-state index contributed by atoms with van der Waals surface area (Å²) in [6.45, 7) is 3.43. The fourth-order valence-corrected chi connectivity index (χ4v) is 3.20. The lowest BCUT2D eigenvalue weighted by Crippen LogP contribution is -2.36. The average molecular weight is 285 g/mol. The van der Waals surface area contributed by atoms with Gasteiger partial charge in [0.25, 0.3) is 0 Å². The average Bonchev–Trinajstić information content (AvgIpc) is 2.54. The topological polar surface area (TPSA) is 32.7 Å². The van der Waals surface area contributed by atoms with Gasteiger partial charge < -0.3 is 9.84 Å². The standard InChI is InChI=1S/C18H23NO2/c1-21-18-7-6-16-9-14(4-5-17(16)10-18)11-19-8-2-3-15(12-19)13-20/h4-7,9-10,15,20H,2-3,8,11-13H2,1H3. The van der Waals surface area contributed by atoms with Crippen LogP contribution in [0.15, 0.2) is 36.4 Å². The highest BCUT2D eigenvalue weighted by atomic mass is 16.5. The van der Waals surface area contributed by atoms with Gasteiger partial charge in [-0.25, -0.2) is 0 Å². The van der Waals surface area contributed by atoms with Crippen molar-refractivity contribution in [3.63, 3.8) is 0 Å². The van der Waals surface area contributed by atoms with E-state index in [2.05, 4.69) is 35.2 Å². The Hall–Kier alpha value is -1.58. The van der Waals surface area contributed by atoms with Crippen LogP contribution in [0.3, 0.4) is 0 Å². The number of likely N-dealkylation sites (tertiary alicyclic amines) is 1. The number of aliphatic hydroxyl groups is 1. The molecular weight excluding hydrogens is 262 g/mol.